The van der Waals surface area contributed by atoms with Gasteiger partial charge in [-0.05, 0) is 49.8 Å². The number of benzene rings is 1. The molecule has 1 unspecified atom stereocenters. The number of anilines is 1. The minimum absolute atomic E-state index is 0.0516. The van der Waals surface area contributed by atoms with Gasteiger partial charge in [-0.25, -0.2) is 0 Å². The molecule has 2 aliphatic rings. The van der Waals surface area contributed by atoms with Gasteiger partial charge in [0.1, 0.15) is 6.10 Å². The monoisotopic (exact) mass is 401 g/mol. The topological polar surface area (TPSA) is 87.7 Å². The van der Waals surface area contributed by atoms with Crippen LogP contribution in [0.4, 0.5) is 5.69 Å². The van der Waals surface area contributed by atoms with E-state index in [1.807, 2.05) is 18.7 Å². The quantitative estimate of drug-likeness (QED) is 0.767. The number of amides is 3. The average molecular weight is 402 g/mol. The fourth-order valence-electron chi connectivity index (χ4n) is 3.77. The second-order valence-corrected chi connectivity index (χ2v) is 8.30. The van der Waals surface area contributed by atoms with Crippen molar-refractivity contribution in [1.29, 1.82) is 0 Å². The first kappa shape index (κ1) is 21.3. The maximum Gasteiger partial charge on any atom is 0.253 e. The molecule has 0 saturated carbocycles. The molecule has 0 spiro atoms. The SMILES string of the molecule is CC(C)CC(=O)N1CCC(NC(=O)c2cccc(NC(=O)C3CCCO3)c2)CC1. The Kier molecular flexibility index (Phi) is 7.25. The molecule has 0 bridgehead atoms. The fourth-order valence-corrected chi connectivity index (χ4v) is 3.77. The summed E-state index contributed by atoms with van der Waals surface area (Å²) in [5.41, 5.74) is 1.10. The molecular weight excluding hydrogens is 370 g/mol. The van der Waals surface area contributed by atoms with E-state index in [-0.39, 0.29) is 23.8 Å². The summed E-state index contributed by atoms with van der Waals surface area (Å²) in [5.74, 6) is 0.219. The Balaban J connectivity index is 1.49. The number of carbonyl (C=O) groups excluding carboxylic acids is 3. The lowest BCUT2D eigenvalue weighted by Gasteiger charge is -2.33. The zero-order valence-corrected chi connectivity index (χ0v) is 17.3. The van der Waals surface area contributed by atoms with Gasteiger partial charge in [0.25, 0.3) is 11.8 Å². The highest BCUT2D eigenvalue weighted by atomic mass is 16.5. The highest BCUT2D eigenvalue weighted by Crippen LogP contribution is 2.18. The number of piperidine rings is 1. The molecule has 0 radical (unpaired) electrons. The molecule has 1 atom stereocenters. The van der Waals surface area contributed by atoms with Crippen LogP contribution in [0.2, 0.25) is 0 Å². The van der Waals surface area contributed by atoms with Crippen LogP contribution < -0.4 is 10.6 Å². The van der Waals surface area contributed by atoms with Crippen molar-refractivity contribution in [3.8, 4) is 0 Å². The number of rotatable bonds is 6. The number of likely N-dealkylation sites (tertiary alicyclic amines) is 1. The summed E-state index contributed by atoms with van der Waals surface area (Å²) in [6.45, 7) is 6.05. The standard InChI is InChI=1S/C22H31N3O4/c1-15(2)13-20(26)25-10-8-17(9-11-25)23-21(27)16-5-3-6-18(14-16)24-22(28)19-7-4-12-29-19/h3,5-6,14-15,17,19H,4,7-13H2,1-2H3,(H,23,27)(H,24,28). The Morgan fingerprint density at radius 2 is 1.93 bits per heavy atom. The second-order valence-electron chi connectivity index (χ2n) is 8.30. The third-order valence-corrected chi connectivity index (χ3v) is 5.38. The van der Waals surface area contributed by atoms with Crippen molar-refractivity contribution < 1.29 is 19.1 Å². The first-order chi connectivity index (χ1) is 13.9. The van der Waals surface area contributed by atoms with Gasteiger partial charge in [-0.3, -0.25) is 14.4 Å². The van der Waals surface area contributed by atoms with E-state index >= 15 is 0 Å². The van der Waals surface area contributed by atoms with E-state index < -0.39 is 6.10 Å². The predicted octanol–water partition coefficient (Wildman–Crippen LogP) is 2.57. The van der Waals surface area contributed by atoms with E-state index in [1.54, 1.807) is 24.3 Å². The lowest BCUT2D eigenvalue weighted by atomic mass is 10.0. The Morgan fingerprint density at radius 1 is 1.17 bits per heavy atom. The molecule has 2 N–H and O–H groups in total. The van der Waals surface area contributed by atoms with Crippen LogP contribution in [0, 0.1) is 5.92 Å². The maximum absolute atomic E-state index is 12.6. The van der Waals surface area contributed by atoms with Gasteiger partial charge in [0.15, 0.2) is 0 Å². The fraction of sp³-hybridized carbons (Fsp3) is 0.591. The van der Waals surface area contributed by atoms with Crippen LogP contribution in [0.3, 0.4) is 0 Å². The Morgan fingerprint density at radius 3 is 2.59 bits per heavy atom. The molecule has 0 aromatic heterocycles. The van der Waals surface area contributed by atoms with Crippen LogP contribution in [0.25, 0.3) is 0 Å². The summed E-state index contributed by atoms with van der Waals surface area (Å²) in [6.07, 6.45) is 3.29. The van der Waals surface area contributed by atoms with Gasteiger partial charge in [-0.2, -0.15) is 0 Å². The van der Waals surface area contributed by atoms with Crippen molar-refractivity contribution in [2.75, 3.05) is 25.0 Å². The van der Waals surface area contributed by atoms with E-state index in [0.29, 0.717) is 43.3 Å². The van der Waals surface area contributed by atoms with Crippen LogP contribution in [-0.4, -0.2) is 54.5 Å². The molecule has 7 heteroatoms. The number of ether oxygens (including phenoxy) is 1. The normalized spacial score (nSPS) is 20.0. The highest BCUT2D eigenvalue weighted by Gasteiger charge is 2.25. The van der Waals surface area contributed by atoms with Crippen molar-refractivity contribution in [3.63, 3.8) is 0 Å². The van der Waals surface area contributed by atoms with E-state index in [2.05, 4.69) is 10.6 Å². The molecular formula is C22H31N3O4. The van der Waals surface area contributed by atoms with Crippen molar-refractivity contribution in [2.45, 2.75) is 58.1 Å². The van der Waals surface area contributed by atoms with Gasteiger partial charge in [0.2, 0.25) is 5.91 Å². The minimum Gasteiger partial charge on any atom is -0.368 e. The highest BCUT2D eigenvalue weighted by molar-refractivity contribution is 5.98. The van der Waals surface area contributed by atoms with Gasteiger partial charge in [-0.1, -0.05) is 19.9 Å². The zero-order valence-electron chi connectivity index (χ0n) is 17.3. The zero-order chi connectivity index (χ0) is 20.8. The third kappa shape index (κ3) is 6.03. The van der Waals surface area contributed by atoms with Crippen molar-refractivity contribution in [1.82, 2.24) is 10.2 Å². The van der Waals surface area contributed by atoms with E-state index in [9.17, 15) is 14.4 Å². The molecule has 2 heterocycles. The molecule has 158 valence electrons. The van der Waals surface area contributed by atoms with E-state index in [4.69, 9.17) is 4.74 Å². The summed E-state index contributed by atoms with van der Waals surface area (Å²) in [5, 5.41) is 5.89. The van der Waals surface area contributed by atoms with Crippen LogP contribution in [0.5, 0.6) is 0 Å². The van der Waals surface area contributed by atoms with Crippen LogP contribution in [0.15, 0.2) is 24.3 Å². The van der Waals surface area contributed by atoms with Gasteiger partial charge in [0, 0.05) is 43.4 Å². The van der Waals surface area contributed by atoms with Gasteiger partial charge >= 0.3 is 0 Å². The van der Waals surface area contributed by atoms with Gasteiger partial charge in [-0.15, -0.1) is 0 Å². The number of nitrogens with one attached hydrogen (secondary N) is 2. The van der Waals surface area contributed by atoms with E-state index in [1.165, 1.54) is 0 Å². The Bertz CT molecular complexity index is 735. The first-order valence-electron chi connectivity index (χ1n) is 10.5. The number of carbonyl (C=O) groups is 3. The Labute approximate surface area is 172 Å². The Hall–Kier alpha value is -2.41. The molecule has 29 heavy (non-hydrogen) atoms. The number of hydrogen-bond donors (Lipinski definition) is 2. The molecule has 7 nitrogen and oxygen atoms in total. The average Bonchev–Trinajstić information content (AvgIpc) is 3.23. The number of nitrogens with zero attached hydrogens (tertiary/aromatic N) is 1. The molecule has 0 aliphatic carbocycles. The van der Waals surface area contributed by atoms with E-state index in [0.717, 1.165) is 25.7 Å². The lowest BCUT2D eigenvalue weighted by molar-refractivity contribution is -0.133. The molecule has 3 rings (SSSR count). The maximum atomic E-state index is 12.6. The molecule has 2 saturated heterocycles. The summed E-state index contributed by atoms with van der Waals surface area (Å²) < 4.78 is 5.39. The van der Waals surface area contributed by atoms with Crippen LogP contribution in [0.1, 0.15) is 56.3 Å². The smallest absolute Gasteiger partial charge is 0.253 e. The molecule has 1 aromatic carbocycles. The molecule has 1 aromatic rings. The third-order valence-electron chi connectivity index (χ3n) is 5.38. The molecule has 2 aliphatic heterocycles. The van der Waals surface area contributed by atoms with Gasteiger partial charge < -0.3 is 20.3 Å². The molecule has 2 fully saturated rings. The summed E-state index contributed by atoms with van der Waals surface area (Å²) in [7, 11) is 0. The summed E-state index contributed by atoms with van der Waals surface area (Å²) in [6, 6.07) is 6.99. The largest absolute Gasteiger partial charge is 0.368 e. The summed E-state index contributed by atoms with van der Waals surface area (Å²) >= 11 is 0. The number of hydrogen-bond acceptors (Lipinski definition) is 4. The minimum atomic E-state index is -0.406. The van der Waals surface area contributed by atoms with Crippen LogP contribution in [-0.2, 0) is 14.3 Å². The molecule has 3 amide bonds. The van der Waals surface area contributed by atoms with Crippen LogP contribution >= 0.6 is 0 Å². The second kappa shape index (κ2) is 9.87. The first-order valence-corrected chi connectivity index (χ1v) is 10.5. The van der Waals surface area contributed by atoms with Crippen molar-refractivity contribution in [3.05, 3.63) is 29.8 Å². The van der Waals surface area contributed by atoms with Crippen molar-refractivity contribution in [2.24, 2.45) is 5.92 Å². The lowest BCUT2D eigenvalue weighted by Crippen LogP contribution is -2.46. The van der Waals surface area contributed by atoms with Gasteiger partial charge in [0.05, 0.1) is 0 Å². The summed E-state index contributed by atoms with van der Waals surface area (Å²) in [4.78, 5) is 38.9. The van der Waals surface area contributed by atoms with Crippen molar-refractivity contribution >= 4 is 23.4 Å². The predicted molar refractivity (Wildman–Crippen MR) is 111 cm³/mol.